The number of hydrogen-bond acceptors (Lipinski definition) is 4. The Balaban J connectivity index is 2.68. The van der Waals surface area contributed by atoms with E-state index in [9.17, 15) is 36.4 Å². The second kappa shape index (κ2) is 9.65. The van der Waals surface area contributed by atoms with Crippen LogP contribution in [0, 0.1) is 35.0 Å². The summed E-state index contributed by atoms with van der Waals surface area (Å²) in [5, 5.41) is 9.40. The molecule has 0 aliphatic rings. The van der Waals surface area contributed by atoms with Gasteiger partial charge in [0.2, 0.25) is 34.8 Å². The highest BCUT2D eigenvalue weighted by Gasteiger charge is 2.45. The van der Waals surface area contributed by atoms with E-state index in [4.69, 9.17) is 9.05 Å². The largest absolute Gasteiger partial charge is 0.516 e. The molecule has 2 atom stereocenters. The van der Waals surface area contributed by atoms with Crippen molar-refractivity contribution in [2.24, 2.45) is 5.92 Å². The zero-order chi connectivity index (χ0) is 23.5. The van der Waals surface area contributed by atoms with Gasteiger partial charge in [-0.25, -0.2) is 17.7 Å². The van der Waals surface area contributed by atoms with Crippen LogP contribution in [0.2, 0.25) is 0 Å². The van der Waals surface area contributed by atoms with Gasteiger partial charge in [-0.1, -0.05) is 32.0 Å². The first-order valence-electron chi connectivity index (χ1n) is 8.94. The second-order valence-electron chi connectivity index (χ2n) is 6.89. The molecule has 0 aliphatic carbocycles. The highest BCUT2D eigenvalue weighted by molar-refractivity contribution is 7.52. The van der Waals surface area contributed by atoms with E-state index in [2.05, 4.69) is 0 Å². The van der Waals surface area contributed by atoms with Crippen LogP contribution in [-0.2, 0) is 9.36 Å². The van der Waals surface area contributed by atoms with E-state index >= 15 is 0 Å². The number of halogens is 5. The molecule has 170 valence electrons. The highest BCUT2D eigenvalue weighted by Crippen LogP contribution is 2.54. The Kier molecular flexibility index (Phi) is 7.67. The van der Waals surface area contributed by atoms with Crippen LogP contribution in [-0.4, -0.2) is 28.3 Å². The van der Waals surface area contributed by atoms with Gasteiger partial charge in [0.1, 0.15) is 11.8 Å². The fraction of sp³-hybridized carbons (Fsp3) is 0.316. The van der Waals surface area contributed by atoms with Gasteiger partial charge < -0.3 is 14.2 Å². The van der Waals surface area contributed by atoms with E-state index in [0.717, 1.165) is 6.92 Å². The number of nitrogens with zero attached hydrogens (tertiary/aromatic N) is 1. The summed E-state index contributed by atoms with van der Waals surface area (Å²) in [6.45, 7) is 4.07. The summed E-state index contributed by atoms with van der Waals surface area (Å²) in [6, 6.07) is 5.46. The van der Waals surface area contributed by atoms with Crippen LogP contribution in [0.25, 0.3) is 0 Å². The number of rotatable bonds is 9. The molecule has 12 heteroatoms. The normalized spacial score (nSPS) is 14.4. The van der Waals surface area contributed by atoms with E-state index in [1.54, 1.807) is 19.9 Å². The monoisotopic (exact) mass is 467 g/mol. The third-order valence-electron chi connectivity index (χ3n) is 4.01. The van der Waals surface area contributed by atoms with Gasteiger partial charge in [0.15, 0.2) is 0 Å². The molecule has 0 saturated carbocycles. The topological polar surface area (TPSA) is 76.1 Å². The number of aliphatic carboxylic acids is 1. The standard InChI is InChI=1S/C19H19F5NO5P/c1-10(2)9-25(11(3)19(26)27)31(28,29-12-7-5-4-6-8-12)30-18-16(23)14(21)13(20)15(22)17(18)24/h4-8,10-11H,9H2,1-3H3,(H,26,27)/t11-,31?/m0/s1. The molecule has 0 aliphatic heterocycles. The Hall–Kier alpha value is -2.65. The summed E-state index contributed by atoms with van der Waals surface area (Å²) in [7, 11) is -5.03. The molecule has 2 rings (SSSR count). The van der Waals surface area contributed by atoms with Crippen molar-refractivity contribution in [3.05, 3.63) is 59.4 Å². The molecule has 2 aromatic rings. The molecule has 6 nitrogen and oxygen atoms in total. The van der Waals surface area contributed by atoms with E-state index in [-0.39, 0.29) is 18.2 Å². The van der Waals surface area contributed by atoms with Crippen molar-refractivity contribution in [2.75, 3.05) is 6.54 Å². The molecule has 0 radical (unpaired) electrons. The van der Waals surface area contributed by atoms with Crippen LogP contribution < -0.4 is 9.05 Å². The van der Waals surface area contributed by atoms with Crippen molar-refractivity contribution < 1.29 is 45.5 Å². The number of hydrogen-bond donors (Lipinski definition) is 1. The Morgan fingerprint density at radius 1 is 0.935 bits per heavy atom. The van der Waals surface area contributed by atoms with Crippen LogP contribution >= 0.6 is 7.75 Å². The molecule has 0 fully saturated rings. The lowest BCUT2D eigenvalue weighted by Crippen LogP contribution is -2.41. The summed E-state index contributed by atoms with van der Waals surface area (Å²) in [5.74, 6) is -15.7. The van der Waals surface area contributed by atoms with E-state index in [1.807, 2.05) is 0 Å². The molecular formula is C19H19F5NO5P. The maximum Gasteiger partial charge on any atom is 0.516 e. The lowest BCUT2D eigenvalue weighted by Gasteiger charge is -2.33. The van der Waals surface area contributed by atoms with Crippen molar-refractivity contribution in [1.29, 1.82) is 0 Å². The Labute approximate surface area is 174 Å². The molecule has 1 N–H and O–H groups in total. The van der Waals surface area contributed by atoms with E-state index < -0.39 is 54.6 Å². The molecule has 0 amide bonds. The fourth-order valence-corrected chi connectivity index (χ4v) is 4.57. The molecule has 0 heterocycles. The Morgan fingerprint density at radius 2 is 1.42 bits per heavy atom. The minimum atomic E-state index is -5.03. The molecule has 0 saturated heterocycles. The van der Waals surface area contributed by atoms with Gasteiger partial charge in [0.25, 0.3) is 0 Å². The molecule has 0 spiro atoms. The first kappa shape index (κ1) is 24.6. The smallest absolute Gasteiger partial charge is 0.480 e. The first-order valence-corrected chi connectivity index (χ1v) is 10.4. The average molecular weight is 467 g/mol. The summed E-state index contributed by atoms with van der Waals surface area (Å²) in [4.78, 5) is 11.6. The molecule has 0 bridgehead atoms. The number of para-hydroxylation sites is 1. The lowest BCUT2D eigenvalue weighted by molar-refractivity contribution is -0.141. The van der Waals surface area contributed by atoms with E-state index in [1.165, 1.54) is 24.3 Å². The van der Waals surface area contributed by atoms with Gasteiger partial charge in [0.05, 0.1) is 0 Å². The van der Waals surface area contributed by atoms with Crippen molar-refractivity contribution in [1.82, 2.24) is 4.67 Å². The minimum absolute atomic E-state index is 0.152. The van der Waals surface area contributed by atoms with Crippen LogP contribution in [0.3, 0.4) is 0 Å². The van der Waals surface area contributed by atoms with Gasteiger partial charge in [0, 0.05) is 6.54 Å². The van der Waals surface area contributed by atoms with Gasteiger partial charge in [-0.3, -0.25) is 4.79 Å². The number of carbonyl (C=O) groups is 1. The van der Waals surface area contributed by atoms with Gasteiger partial charge in [-0.2, -0.15) is 13.5 Å². The number of benzene rings is 2. The van der Waals surface area contributed by atoms with Crippen LogP contribution in [0.4, 0.5) is 22.0 Å². The molecular weight excluding hydrogens is 448 g/mol. The summed E-state index contributed by atoms with van der Waals surface area (Å²) >= 11 is 0. The molecule has 1 unspecified atom stereocenters. The van der Waals surface area contributed by atoms with Crippen molar-refractivity contribution in [3.8, 4) is 11.5 Å². The van der Waals surface area contributed by atoms with Crippen molar-refractivity contribution in [3.63, 3.8) is 0 Å². The molecule has 2 aromatic carbocycles. The van der Waals surface area contributed by atoms with Crippen molar-refractivity contribution >= 4 is 13.7 Å². The predicted molar refractivity (Wildman–Crippen MR) is 100 cm³/mol. The second-order valence-corrected chi connectivity index (χ2v) is 8.71. The third-order valence-corrected chi connectivity index (χ3v) is 6.01. The van der Waals surface area contributed by atoms with Crippen LogP contribution in [0.15, 0.2) is 30.3 Å². The quantitative estimate of drug-likeness (QED) is 0.231. The Bertz CT molecular complexity index is 976. The molecule has 0 aromatic heterocycles. The first-order chi connectivity index (χ1) is 14.4. The number of carboxylic acid groups (broad SMARTS) is 1. The predicted octanol–water partition coefficient (Wildman–Crippen LogP) is 5.38. The molecule has 31 heavy (non-hydrogen) atoms. The fourth-order valence-electron chi connectivity index (χ4n) is 2.49. The zero-order valence-corrected chi connectivity index (χ0v) is 17.5. The Morgan fingerprint density at radius 3 is 1.87 bits per heavy atom. The van der Waals surface area contributed by atoms with E-state index in [0.29, 0.717) is 4.67 Å². The summed E-state index contributed by atoms with van der Waals surface area (Å²) < 4.78 is 93.5. The van der Waals surface area contributed by atoms with Crippen molar-refractivity contribution in [2.45, 2.75) is 26.8 Å². The zero-order valence-electron chi connectivity index (χ0n) is 16.6. The third kappa shape index (κ3) is 5.34. The maximum atomic E-state index is 14.2. The summed E-state index contributed by atoms with van der Waals surface area (Å²) in [6.07, 6.45) is 0. The average Bonchev–Trinajstić information content (AvgIpc) is 2.72. The minimum Gasteiger partial charge on any atom is -0.480 e. The van der Waals surface area contributed by atoms with Gasteiger partial charge in [-0.15, -0.1) is 0 Å². The highest BCUT2D eigenvalue weighted by atomic mass is 31.2. The van der Waals surface area contributed by atoms with Crippen LogP contribution in [0.1, 0.15) is 20.8 Å². The SMILES string of the molecule is CC(C)CN([C@@H](C)C(=O)O)P(=O)(Oc1ccccc1)Oc1c(F)c(F)c(F)c(F)c1F. The van der Waals surface area contributed by atoms with Gasteiger partial charge >= 0.3 is 13.7 Å². The van der Waals surface area contributed by atoms with Gasteiger partial charge in [-0.05, 0) is 25.0 Å². The summed E-state index contributed by atoms with van der Waals surface area (Å²) in [5.41, 5.74) is 0. The number of carboxylic acids is 1. The van der Waals surface area contributed by atoms with Crippen LogP contribution in [0.5, 0.6) is 11.5 Å². The lowest BCUT2D eigenvalue weighted by atomic mass is 10.2. The maximum absolute atomic E-state index is 14.2.